The molecule has 8 heteroatoms. The lowest BCUT2D eigenvalue weighted by Gasteiger charge is -2.02. The molecule has 0 atom stereocenters. The third kappa shape index (κ3) is 3.56. The number of hydrogen-bond acceptors (Lipinski definition) is 4. The zero-order valence-electron chi connectivity index (χ0n) is 15.4. The predicted octanol–water partition coefficient (Wildman–Crippen LogP) is 6.60. The molecule has 3 aromatic heterocycles. The molecule has 5 rings (SSSR count). The molecule has 0 bridgehead atoms. The lowest BCUT2D eigenvalue weighted by molar-refractivity contribution is 0.516. The Morgan fingerprint density at radius 3 is 2.50 bits per heavy atom. The van der Waals surface area contributed by atoms with Crippen molar-refractivity contribution in [1.82, 2.24) is 19.6 Å². The molecule has 5 nitrogen and oxygen atoms in total. The molecule has 0 N–H and O–H groups in total. The summed E-state index contributed by atoms with van der Waals surface area (Å²) in [6, 6.07) is 18.7. The van der Waals surface area contributed by atoms with Gasteiger partial charge in [-0.05, 0) is 42.0 Å². The Morgan fingerprint density at radius 2 is 1.70 bits per heavy atom. The van der Waals surface area contributed by atoms with Gasteiger partial charge >= 0.3 is 0 Å². The number of hydrogen-bond donors (Lipinski definition) is 0. The summed E-state index contributed by atoms with van der Waals surface area (Å²) in [5.41, 5.74) is 4.07. The fourth-order valence-electron chi connectivity index (χ4n) is 3.25. The van der Waals surface area contributed by atoms with E-state index in [0.717, 1.165) is 28.2 Å². The Balaban J connectivity index is 1.58. The van der Waals surface area contributed by atoms with Crippen LogP contribution in [0.25, 0.3) is 28.5 Å². The normalized spacial score (nSPS) is 11.3. The van der Waals surface area contributed by atoms with Gasteiger partial charge in [0.15, 0.2) is 0 Å². The first kappa shape index (κ1) is 19.1. The number of pyridine rings is 1. The van der Waals surface area contributed by atoms with Crippen LogP contribution in [0.3, 0.4) is 0 Å². The Hall–Kier alpha value is -2.86. The minimum absolute atomic E-state index is 0.383. The van der Waals surface area contributed by atoms with Gasteiger partial charge in [0.05, 0.1) is 16.5 Å². The van der Waals surface area contributed by atoms with Crippen molar-refractivity contribution >= 4 is 40.4 Å². The summed E-state index contributed by atoms with van der Waals surface area (Å²) in [6.45, 7) is 0. The van der Waals surface area contributed by atoms with Gasteiger partial charge in [-0.1, -0.05) is 59.1 Å². The molecule has 0 aliphatic heterocycles. The molecule has 0 unspecified atom stereocenters. The first-order valence-corrected chi connectivity index (χ1v) is 10.2. The molecule has 0 saturated carbocycles. The number of fused-ring (bicyclic) bond motifs is 1. The van der Waals surface area contributed by atoms with Crippen LogP contribution in [0, 0.1) is 0 Å². The van der Waals surface area contributed by atoms with Crippen molar-refractivity contribution in [3.8, 4) is 22.8 Å². The lowest BCUT2D eigenvalue weighted by Crippen LogP contribution is -1.89. The molecule has 0 fully saturated rings. The maximum atomic E-state index is 6.11. The van der Waals surface area contributed by atoms with Crippen LogP contribution in [0.4, 0.5) is 0 Å². The third-order valence-corrected chi connectivity index (χ3v) is 5.65. The van der Waals surface area contributed by atoms with Crippen molar-refractivity contribution in [3.05, 3.63) is 93.4 Å². The number of nitrogens with zero attached hydrogens (tertiary/aromatic N) is 4. The molecule has 30 heavy (non-hydrogen) atoms. The second-order valence-corrected chi connectivity index (χ2v) is 7.92. The molecule has 0 amide bonds. The summed E-state index contributed by atoms with van der Waals surface area (Å²) in [4.78, 5) is 4.76. The topological polar surface area (TPSA) is 56.2 Å². The summed E-state index contributed by atoms with van der Waals surface area (Å²) in [7, 11) is 0. The highest BCUT2D eigenvalue weighted by Gasteiger charge is 2.21. The zero-order chi connectivity index (χ0) is 20.7. The number of rotatable bonds is 4. The van der Waals surface area contributed by atoms with E-state index < -0.39 is 0 Å². The molecule has 0 spiro atoms. The number of imidazole rings is 1. The summed E-state index contributed by atoms with van der Waals surface area (Å²) >= 11 is 18.2. The Labute approximate surface area is 186 Å². The molecule has 3 heterocycles. The fourth-order valence-corrected chi connectivity index (χ4v) is 3.70. The van der Waals surface area contributed by atoms with E-state index in [9.17, 15) is 0 Å². The standard InChI is InChI=1S/C22H13Cl3N4O/c23-15-7-5-14(6-8-15)20-21(29-10-2-1-3-18(29)26-20)22-28-27-19(30-22)12-13-4-9-16(24)17(25)11-13/h1-11H,12H2. The van der Waals surface area contributed by atoms with Crippen LogP contribution in [-0.4, -0.2) is 19.6 Å². The van der Waals surface area contributed by atoms with Crippen molar-refractivity contribution in [3.63, 3.8) is 0 Å². The van der Waals surface area contributed by atoms with Crippen molar-refractivity contribution in [1.29, 1.82) is 0 Å². The monoisotopic (exact) mass is 454 g/mol. The molecule has 5 aromatic rings. The van der Waals surface area contributed by atoms with Crippen LogP contribution in [0.15, 0.2) is 71.3 Å². The van der Waals surface area contributed by atoms with Crippen molar-refractivity contribution < 1.29 is 4.42 Å². The van der Waals surface area contributed by atoms with E-state index in [-0.39, 0.29) is 0 Å². The first-order valence-electron chi connectivity index (χ1n) is 9.08. The van der Waals surface area contributed by atoms with Crippen LogP contribution >= 0.6 is 34.8 Å². The summed E-state index contributed by atoms with van der Waals surface area (Å²) in [6.07, 6.45) is 2.36. The summed E-state index contributed by atoms with van der Waals surface area (Å²) in [5, 5.41) is 10.2. The van der Waals surface area contributed by atoms with E-state index in [2.05, 4.69) is 10.2 Å². The van der Waals surface area contributed by atoms with E-state index >= 15 is 0 Å². The van der Waals surface area contributed by atoms with Crippen molar-refractivity contribution in [2.45, 2.75) is 6.42 Å². The van der Waals surface area contributed by atoms with E-state index in [0.29, 0.717) is 33.3 Å². The van der Waals surface area contributed by atoms with Gasteiger partial charge in [-0.15, -0.1) is 10.2 Å². The van der Waals surface area contributed by atoms with E-state index in [1.807, 2.05) is 59.1 Å². The second kappa shape index (κ2) is 7.76. The van der Waals surface area contributed by atoms with Gasteiger partial charge in [-0.2, -0.15) is 0 Å². The predicted molar refractivity (Wildman–Crippen MR) is 118 cm³/mol. The highest BCUT2D eigenvalue weighted by atomic mass is 35.5. The SMILES string of the molecule is Clc1ccc(-c2nc3ccccn3c2-c2nnc(Cc3ccc(Cl)c(Cl)c3)o2)cc1. The van der Waals surface area contributed by atoms with Gasteiger partial charge < -0.3 is 4.42 Å². The Kier molecular flexibility index (Phi) is 4.95. The van der Waals surface area contributed by atoms with Crippen LogP contribution < -0.4 is 0 Å². The molecule has 0 radical (unpaired) electrons. The molecular weight excluding hydrogens is 443 g/mol. The fraction of sp³-hybridized carbons (Fsp3) is 0.0455. The molecular formula is C22H13Cl3N4O. The van der Waals surface area contributed by atoms with Gasteiger partial charge in [0, 0.05) is 16.8 Å². The van der Waals surface area contributed by atoms with Gasteiger partial charge in [-0.3, -0.25) is 4.40 Å². The van der Waals surface area contributed by atoms with Crippen LogP contribution in [0.5, 0.6) is 0 Å². The maximum absolute atomic E-state index is 6.11. The average Bonchev–Trinajstić information content (AvgIpc) is 3.35. The molecule has 0 saturated heterocycles. The Morgan fingerprint density at radius 1 is 0.867 bits per heavy atom. The van der Waals surface area contributed by atoms with E-state index in [1.165, 1.54) is 0 Å². The second-order valence-electron chi connectivity index (χ2n) is 6.67. The smallest absolute Gasteiger partial charge is 0.267 e. The minimum atomic E-state index is 0.383. The lowest BCUT2D eigenvalue weighted by atomic mass is 10.1. The van der Waals surface area contributed by atoms with Crippen molar-refractivity contribution in [2.24, 2.45) is 0 Å². The number of halogens is 3. The van der Waals surface area contributed by atoms with Gasteiger partial charge in [0.1, 0.15) is 17.0 Å². The number of benzene rings is 2. The van der Waals surface area contributed by atoms with Gasteiger partial charge in [0.2, 0.25) is 5.89 Å². The van der Waals surface area contributed by atoms with E-state index in [1.54, 1.807) is 12.1 Å². The zero-order valence-corrected chi connectivity index (χ0v) is 17.7. The molecule has 148 valence electrons. The van der Waals surface area contributed by atoms with Crippen molar-refractivity contribution in [2.75, 3.05) is 0 Å². The maximum Gasteiger partial charge on any atom is 0.267 e. The Bertz CT molecular complexity index is 1360. The largest absolute Gasteiger partial charge is 0.419 e. The van der Waals surface area contributed by atoms with E-state index in [4.69, 9.17) is 44.2 Å². The highest BCUT2D eigenvalue weighted by Crippen LogP contribution is 2.33. The summed E-state index contributed by atoms with van der Waals surface area (Å²) in [5.74, 6) is 0.852. The molecule has 0 aliphatic rings. The molecule has 0 aliphatic carbocycles. The number of aromatic nitrogens is 4. The minimum Gasteiger partial charge on any atom is -0.419 e. The highest BCUT2D eigenvalue weighted by molar-refractivity contribution is 6.42. The quantitative estimate of drug-likeness (QED) is 0.306. The van der Waals surface area contributed by atoms with Crippen LogP contribution in [0.2, 0.25) is 15.1 Å². The third-order valence-electron chi connectivity index (χ3n) is 4.66. The van der Waals surface area contributed by atoms with Gasteiger partial charge in [-0.25, -0.2) is 4.98 Å². The van der Waals surface area contributed by atoms with Crippen LogP contribution in [-0.2, 0) is 6.42 Å². The molecule has 2 aromatic carbocycles. The first-order chi connectivity index (χ1) is 14.6. The average molecular weight is 456 g/mol. The van der Waals surface area contributed by atoms with Gasteiger partial charge in [0.25, 0.3) is 5.89 Å². The van der Waals surface area contributed by atoms with Crippen LogP contribution in [0.1, 0.15) is 11.5 Å². The summed E-state index contributed by atoms with van der Waals surface area (Å²) < 4.78 is 7.94.